The molecule has 0 aliphatic rings. The van der Waals surface area contributed by atoms with Crippen molar-refractivity contribution in [3.05, 3.63) is 87.3 Å². The van der Waals surface area contributed by atoms with Gasteiger partial charge in [0, 0.05) is 8.95 Å². The Morgan fingerprint density at radius 1 is 0.783 bits per heavy atom. The molecule has 0 atom stereocenters. The molecule has 0 unspecified atom stereocenters. The van der Waals surface area contributed by atoms with E-state index in [1.165, 1.54) is 0 Å². The van der Waals surface area contributed by atoms with Crippen molar-refractivity contribution in [3.8, 4) is 16.9 Å². The number of benzene rings is 3. The highest BCUT2D eigenvalue weighted by Gasteiger charge is 2.13. The maximum Gasteiger partial charge on any atom is 0.344 e. The van der Waals surface area contributed by atoms with Gasteiger partial charge in [0.15, 0.2) is 0 Å². The number of ether oxygens (including phenoxy) is 1. The smallest absolute Gasteiger partial charge is 0.344 e. The van der Waals surface area contributed by atoms with E-state index in [0.717, 1.165) is 15.6 Å². The van der Waals surface area contributed by atoms with Gasteiger partial charge in [-0.25, -0.2) is 4.79 Å². The van der Waals surface area contributed by atoms with E-state index in [9.17, 15) is 4.79 Å². The molecule has 3 rings (SSSR count). The van der Waals surface area contributed by atoms with Crippen LogP contribution in [0.1, 0.15) is 10.4 Å². The van der Waals surface area contributed by atoms with Gasteiger partial charge in [-0.3, -0.25) is 0 Å². The minimum Gasteiger partial charge on any atom is -0.423 e. The van der Waals surface area contributed by atoms with Crippen LogP contribution in [-0.4, -0.2) is 5.97 Å². The maximum atomic E-state index is 12.3. The van der Waals surface area contributed by atoms with Crippen molar-refractivity contribution in [1.29, 1.82) is 0 Å². The van der Waals surface area contributed by atoms with Crippen LogP contribution in [0.5, 0.6) is 5.75 Å². The SMILES string of the molecule is O=C(Oc1ccc(-c2ccccc2)cc1)c1cc(Br)ccc1Br. The Balaban J connectivity index is 1.78. The topological polar surface area (TPSA) is 26.3 Å². The van der Waals surface area contributed by atoms with Crippen LogP contribution in [0.3, 0.4) is 0 Å². The molecular formula is C19H12Br2O2. The van der Waals surface area contributed by atoms with Gasteiger partial charge in [-0.05, 0) is 57.4 Å². The van der Waals surface area contributed by atoms with Gasteiger partial charge in [-0.15, -0.1) is 0 Å². The summed E-state index contributed by atoms with van der Waals surface area (Å²) >= 11 is 6.72. The highest BCUT2D eigenvalue weighted by Crippen LogP contribution is 2.25. The maximum absolute atomic E-state index is 12.3. The molecule has 114 valence electrons. The fourth-order valence-electron chi connectivity index (χ4n) is 2.16. The van der Waals surface area contributed by atoms with Crippen LogP contribution in [0, 0.1) is 0 Å². The molecule has 0 heterocycles. The molecule has 2 nitrogen and oxygen atoms in total. The third-order valence-corrected chi connectivity index (χ3v) is 4.51. The van der Waals surface area contributed by atoms with E-state index >= 15 is 0 Å². The van der Waals surface area contributed by atoms with Gasteiger partial charge in [0.1, 0.15) is 5.75 Å². The van der Waals surface area contributed by atoms with Crippen LogP contribution in [0.4, 0.5) is 0 Å². The summed E-state index contributed by atoms with van der Waals surface area (Å²) in [6, 6.07) is 22.9. The lowest BCUT2D eigenvalue weighted by molar-refractivity contribution is 0.0734. The molecule has 0 aliphatic carbocycles. The third kappa shape index (κ3) is 3.89. The Bertz CT molecular complexity index is 828. The van der Waals surface area contributed by atoms with Crippen molar-refractivity contribution < 1.29 is 9.53 Å². The largest absolute Gasteiger partial charge is 0.423 e. The van der Waals surface area contributed by atoms with E-state index in [4.69, 9.17) is 4.74 Å². The third-order valence-electron chi connectivity index (χ3n) is 3.32. The standard InChI is InChI=1S/C19H12Br2O2/c20-15-8-11-18(21)17(12-15)19(22)23-16-9-6-14(7-10-16)13-4-2-1-3-5-13/h1-12H. The first kappa shape index (κ1) is 16.0. The molecule has 0 radical (unpaired) electrons. The van der Waals surface area contributed by atoms with E-state index < -0.39 is 5.97 Å². The second-order valence-corrected chi connectivity index (χ2v) is 6.67. The highest BCUT2D eigenvalue weighted by atomic mass is 79.9. The van der Waals surface area contributed by atoms with E-state index in [-0.39, 0.29) is 0 Å². The number of carbonyl (C=O) groups excluding carboxylic acids is 1. The molecule has 0 aromatic heterocycles. The summed E-state index contributed by atoms with van der Waals surface area (Å²) in [5.74, 6) is 0.118. The van der Waals surface area contributed by atoms with E-state index in [1.807, 2.05) is 48.5 Å². The monoisotopic (exact) mass is 430 g/mol. The van der Waals surface area contributed by atoms with Gasteiger partial charge in [0.05, 0.1) is 5.56 Å². The van der Waals surface area contributed by atoms with Gasteiger partial charge >= 0.3 is 5.97 Å². The molecule has 0 N–H and O–H groups in total. The number of rotatable bonds is 3. The van der Waals surface area contributed by atoms with Gasteiger partial charge < -0.3 is 4.74 Å². The number of carbonyl (C=O) groups is 1. The summed E-state index contributed by atoms with van der Waals surface area (Å²) in [4.78, 5) is 12.3. The summed E-state index contributed by atoms with van der Waals surface area (Å²) in [5, 5.41) is 0. The molecule has 3 aromatic carbocycles. The van der Waals surface area contributed by atoms with Crippen LogP contribution >= 0.6 is 31.9 Å². The van der Waals surface area contributed by atoms with Crippen molar-refractivity contribution in [2.45, 2.75) is 0 Å². The van der Waals surface area contributed by atoms with Crippen molar-refractivity contribution in [3.63, 3.8) is 0 Å². The van der Waals surface area contributed by atoms with E-state index in [2.05, 4.69) is 31.9 Å². The molecule has 23 heavy (non-hydrogen) atoms. The first-order valence-corrected chi connectivity index (χ1v) is 8.55. The molecule has 0 saturated heterocycles. The highest BCUT2D eigenvalue weighted by molar-refractivity contribution is 9.11. The lowest BCUT2D eigenvalue weighted by Crippen LogP contribution is -2.09. The van der Waals surface area contributed by atoms with Crippen LogP contribution in [0.15, 0.2) is 81.7 Å². The fourth-order valence-corrected chi connectivity index (χ4v) is 2.93. The quantitative estimate of drug-likeness (QED) is 0.370. The summed E-state index contributed by atoms with van der Waals surface area (Å²) in [5.41, 5.74) is 2.68. The van der Waals surface area contributed by atoms with Crippen molar-refractivity contribution in [2.24, 2.45) is 0 Å². The minimum absolute atomic E-state index is 0.398. The molecule has 0 bridgehead atoms. The molecule has 0 amide bonds. The molecular weight excluding hydrogens is 420 g/mol. The average molecular weight is 432 g/mol. The van der Waals surface area contributed by atoms with Crippen molar-refractivity contribution >= 4 is 37.8 Å². The van der Waals surface area contributed by atoms with Crippen LogP contribution < -0.4 is 4.74 Å². The number of esters is 1. The normalized spacial score (nSPS) is 10.3. The number of hydrogen-bond acceptors (Lipinski definition) is 2. The summed E-state index contributed by atoms with van der Waals surface area (Å²) in [7, 11) is 0. The zero-order valence-electron chi connectivity index (χ0n) is 12.0. The van der Waals surface area contributed by atoms with Crippen LogP contribution in [0.2, 0.25) is 0 Å². The second kappa shape index (κ2) is 7.11. The summed E-state index contributed by atoms with van der Waals surface area (Å²) in [6.07, 6.45) is 0. The lowest BCUT2D eigenvalue weighted by atomic mass is 10.1. The Labute approximate surface area is 151 Å². The summed E-state index contributed by atoms with van der Waals surface area (Å²) < 4.78 is 6.96. The van der Waals surface area contributed by atoms with Gasteiger partial charge in [-0.1, -0.05) is 58.4 Å². The van der Waals surface area contributed by atoms with E-state index in [1.54, 1.807) is 24.3 Å². The van der Waals surface area contributed by atoms with E-state index in [0.29, 0.717) is 15.8 Å². The lowest BCUT2D eigenvalue weighted by Gasteiger charge is -2.07. The van der Waals surface area contributed by atoms with Crippen LogP contribution in [-0.2, 0) is 0 Å². The van der Waals surface area contributed by atoms with Crippen molar-refractivity contribution in [2.75, 3.05) is 0 Å². The Kier molecular flexibility index (Phi) is 4.94. The zero-order chi connectivity index (χ0) is 16.2. The number of hydrogen-bond donors (Lipinski definition) is 0. The van der Waals surface area contributed by atoms with Gasteiger partial charge in [0.25, 0.3) is 0 Å². The van der Waals surface area contributed by atoms with Gasteiger partial charge in [0.2, 0.25) is 0 Å². The fraction of sp³-hybridized carbons (Fsp3) is 0. The Morgan fingerprint density at radius 3 is 2.13 bits per heavy atom. The first-order chi connectivity index (χ1) is 11.1. The van der Waals surface area contributed by atoms with Gasteiger partial charge in [-0.2, -0.15) is 0 Å². The summed E-state index contributed by atoms with van der Waals surface area (Å²) in [6.45, 7) is 0. The molecule has 0 saturated carbocycles. The Morgan fingerprint density at radius 2 is 1.43 bits per heavy atom. The second-order valence-electron chi connectivity index (χ2n) is 4.90. The molecule has 4 heteroatoms. The van der Waals surface area contributed by atoms with Crippen molar-refractivity contribution in [1.82, 2.24) is 0 Å². The minimum atomic E-state index is -0.398. The van der Waals surface area contributed by atoms with Crippen LogP contribution in [0.25, 0.3) is 11.1 Å². The first-order valence-electron chi connectivity index (χ1n) is 6.96. The average Bonchev–Trinajstić information content (AvgIpc) is 2.58. The molecule has 0 fully saturated rings. The predicted molar refractivity (Wildman–Crippen MR) is 98.7 cm³/mol. The zero-order valence-corrected chi connectivity index (χ0v) is 15.2. The number of halogens is 2. The Hall–Kier alpha value is -1.91. The molecule has 0 spiro atoms. The molecule has 0 aliphatic heterocycles. The predicted octanol–water partition coefficient (Wildman–Crippen LogP) is 6.10. The molecule has 3 aromatic rings.